The van der Waals surface area contributed by atoms with E-state index in [1.54, 1.807) is 20.8 Å². The van der Waals surface area contributed by atoms with Crippen molar-refractivity contribution < 1.29 is 19.4 Å². The number of hydrogen-bond acceptors (Lipinski definition) is 3. The highest BCUT2D eigenvalue weighted by Gasteiger charge is 2.38. The average molecular weight is 285 g/mol. The van der Waals surface area contributed by atoms with Crippen LogP contribution in [0.15, 0.2) is 0 Å². The average Bonchev–Trinajstić information content (AvgIpc) is 2.25. The summed E-state index contributed by atoms with van der Waals surface area (Å²) in [6.07, 6.45) is 1.85. The number of hydrogen-bond donors (Lipinski definition) is 1. The van der Waals surface area contributed by atoms with E-state index in [0.29, 0.717) is 24.8 Å². The van der Waals surface area contributed by atoms with Gasteiger partial charge in [-0.15, -0.1) is 0 Å². The van der Waals surface area contributed by atoms with Gasteiger partial charge in [-0.3, -0.25) is 4.90 Å². The number of carboxylic acid groups (broad SMARTS) is 1. The van der Waals surface area contributed by atoms with Crippen LogP contribution in [0.25, 0.3) is 0 Å². The number of piperidine rings is 1. The van der Waals surface area contributed by atoms with Gasteiger partial charge in [-0.05, 0) is 51.9 Å². The first-order valence-corrected chi connectivity index (χ1v) is 7.32. The third-order valence-corrected chi connectivity index (χ3v) is 3.43. The number of likely N-dealkylation sites (tertiary alicyclic amines) is 1. The second-order valence-electron chi connectivity index (χ2n) is 7.05. The van der Waals surface area contributed by atoms with Gasteiger partial charge in [-0.25, -0.2) is 9.59 Å². The predicted octanol–water partition coefficient (Wildman–Crippen LogP) is 3.13. The van der Waals surface area contributed by atoms with Gasteiger partial charge in [0.15, 0.2) is 0 Å². The van der Waals surface area contributed by atoms with E-state index in [9.17, 15) is 14.7 Å². The number of ether oxygens (including phenoxy) is 1. The Balaban J connectivity index is 2.72. The van der Waals surface area contributed by atoms with Gasteiger partial charge in [-0.1, -0.05) is 13.8 Å². The van der Waals surface area contributed by atoms with Crippen LogP contribution >= 0.6 is 0 Å². The lowest BCUT2D eigenvalue weighted by Gasteiger charge is -2.38. The van der Waals surface area contributed by atoms with Crippen LogP contribution in [0.2, 0.25) is 0 Å². The molecule has 1 heterocycles. The van der Waals surface area contributed by atoms with Gasteiger partial charge < -0.3 is 9.84 Å². The van der Waals surface area contributed by atoms with Gasteiger partial charge in [0.2, 0.25) is 0 Å². The molecule has 0 unspecified atom stereocenters. The van der Waals surface area contributed by atoms with Crippen molar-refractivity contribution in [3.05, 3.63) is 0 Å². The minimum atomic E-state index is -0.940. The van der Waals surface area contributed by atoms with E-state index in [1.807, 2.05) is 0 Å². The third kappa shape index (κ3) is 5.02. The number of carbonyl (C=O) groups is 2. The van der Waals surface area contributed by atoms with Gasteiger partial charge >= 0.3 is 12.1 Å². The fourth-order valence-electron chi connectivity index (χ4n) is 2.69. The molecular weight excluding hydrogens is 258 g/mol. The first-order chi connectivity index (χ1) is 9.10. The molecule has 116 valence electrons. The normalized spacial score (nSPS) is 23.8. The number of carbonyl (C=O) groups excluding carboxylic acids is 1. The SMILES string of the molecule is CC(C)C[C@@H]1CCN(C(=O)OC(C)(C)C)[C@H](C(=O)O)C1. The summed E-state index contributed by atoms with van der Waals surface area (Å²) in [4.78, 5) is 24.9. The molecule has 1 fully saturated rings. The van der Waals surface area contributed by atoms with Crippen molar-refractivity contribution >= 4 is 12.1 Å². The predicted molar refractivity (Wildman–Crippen MR) is 76.5 cm³/mol. The van der Waals surface area contributed by atoms with Gasteiger partial charge in [0, 0.05) is 6.54 Å². The van der Waals surface area contributed by atoms with Gasteiger partial charge in [0.1, 0.15) is 11.6 Å². The van der Waals surface area contributed by atoms with Gasteiger partial charge in [0.25, 0.3) is 0 Å². The second kappa shape index (κ2) is 6.46. The van der Waals surface area contributed by atoms with Crippen molar-refractivity contribution in [3.8, 4) is 0 Å². The maximum absolute atomic E-state index is 12.1. The van der Waals surface area contributed by atoms with Crippen LogP contribution in [0, 0.1) is 11.8 Å². The van der Waals surface area contributed by atoms with E-state index in [-0.39, 0.29) is 0 Å². The molecule has 1 aliphatic rings. The zero-order valence-corrected chi connectivity index (χ0v) is 13.2. The second-order valence-corrected chi connectivity index (χ2v) is 7.05. The summed E-state index contributed by atoms with van der Waals surface area (Å²) in [5.41, 5.74) is -0.602. The molecule has 5 heteroatoms. The lowest BCUT2D eigenvalue weighted by atomic mass is 9.85. The first kappa shape index (κ1) is 16.8. The third-order valence-electron chi connectivity index (χ3n) is 3.43. The summed E-state index contributed by atoms with van der Waals surface area (Å²) in [7, 11) is 0. The number of amides is 1. The number of nitrogens with zero attached hydrogens (tertiary/aromatic N) is 1. The Kier molecular flexibility index (Phi) is 5.42. The van der Waals surface area contributed by atoms with Gasteiger partial charge in [-0.2, -0.15) is 0 Å². The smallest absolute Gasteiger partial charge is 0.411 e. The van der Waals surface area contributed by atoms with Crippen LogP contribution in [0.3, 0.4) is 0 Å². The zero-order valence-electron chi connectivity index (χ0n) is 13.2. The summed E-state index contributed by atoms with van der Waals surface area (Å²) < 4.78 is 5.30. The van der Waals surface area contributed by atoms with Crippen LogP contribution in [-0.2, 0) is 9.53 Å². The summed E-state index contributed by atoms with van der Waals surface area (Å²) in [6.45, 7) is 10.1. The summed E-state index contributed by atoms with van der Waals surface area (Å²) in [6, 6.07) is -0.762. The molecule has 0 spiro atoms. The van der Waals surface area contributed by atoms with Crippen LogP contribution in [0.5, 0.6) is 0 Å². The fourth-order valence-corrected chi connectivity index (χ4v) is 2.69. The summed E-state index contributed by atoms with van der Waals surface area (Å²) in [5.74, 6) is -0.0263. The Morgan fingerprint density at radius 3 is 2.40 bits per heavy atom. The highest BCUT2D eigenvalue weighted by atomic mass is 16.6. The quantitative estimate of drug-likeness (QED) is 0.865. The molecule has 1 rings (SSSR count). The highest BCUT2D eigenvalue weighted by molar-refractivity contribution is 5.80. The minimum Gasteiger partial charge on any atom is -0.480 e. The molecule has 0 aromatic carbocycles. The Labute approximate surface area is 121 Å². The highest BCUT2D eigenvalue weighted by Crippen LogP contribution is 2.29. The van der Waals surface area contributed by atoms with Crippen molar-refractivity contribution in [3.63, 3.8) is 0 Å². The van der Waals surface area contributed by atoms with Crippen LogP contribution < -0.4 is 0 Å². The van der Waals surface area contributed by atoms with E-state index >= 15 is 0 Å². The largest absolute Gasteiger partial charge is 0.480 e. The molecule has 1 aliphatic heterocycles. The Hall–Kier alpha value is -1.26. The van der Waals surface area contributed by atoms with Crippen molar-refractivity contribution in [2.24, 2.45) is 11.8 Å². The minimum absolute atomic E-state index is 0.370. The molecule has 0 radical (unpaired) electrons. The molecule has 1 N–H and O–H groups in total. The number of rotatable bonds is 3. The summed E-state index contributed by atoms with van der Waals surface area (Å²) in [5, 5.41) is 9.36. The van der Waals surface area contributed by atoms with Crippen molar-refractivity contribution in [2.45, 2.75) is 65.5 Å². The Morgan fingerprint density at radius 2 is 1.95 bits per heavy atom. The van der Waals surface area contributed by atoms with E-state index in [1.165, 1.54) is 4.90 Å². The van der Waals surface area contributed by atoms with E-state index in [2.05, 4.69) is 13.8 Å². The molecule has 20 heavy (non-hydrogen) atoms. The van der Waals surface area contributed by atoms with Crippen molar-refractivity contribution in [2.75, 3.05) is 6.54 Å². The number of aliphatic carboxylic acids is 1. The standard InChI is InChI=1S/C15H27NO4/c1-10(2)8-11-6-7-16(12(9-11)13(17)18)14(19)20-15(3,4)5/h10-12H,6-9H2,1-5H3,(H,17,18)/t11-,12-/m0/s1. The molecule has 0 aromatic heterocycles. The van der Waals surface area contributed by atoms with Crippen molar-refractivity contribution in [1.82, 2.24) is 4.90 Å². The fraction of sp³-hybridized carbons (Fsp3) is 0.867. The molecular formula is C15H27NO4. The Morgan fingerprint density at radius 1 is 1.35 bits per heavy atom. The molecule has 0 aliphatic carbocycles. The molecule has 5 nitrogen and oxygen atoms in total. The van der Waals surface area contributed by atoms with Crippen LogP contribution in [0.1, 0.15) is 53.9 Å². The van der Waals surface area contributed by atoms with E-state index < -0.39 is 23.7 Å². The molecule has 0 saturated carbocycles. The lowest BCUT2D eigenvalue weighted by molar-refractivity contribution is -0.145. The van der Waals surface area contributed by atoms with Crippen molar-refractivity contribution in [1.29, 1.82) is 0 Å². The van der Waals surface area contributed by atoms with Crippen LogP contribution in [-0.4, -0.2) is 40.3 Å². The molecule has 2 atom stereocenters. The van der Waals surface area contributed by atoms with E-state index in [0.717, 1.165) is 12.8 Å². The van der Waals surface area contributed by atoms with Crippen LogP contribution in [0.4, 0.5) is 4.79 Å². The molecule has 1 saturated heterocycles. The molecule has 0 bridgehead atoms. The monoisotopic (exact) mass is 285 g/mol. The zero-order chi connectivity index (χ0) is 15.5. The molecule has 0 aromatic rings. The maximum Gasteiger partial charge on any atom is 0.411 e. The topological polar surface area (TPSA) is 66.8 Å². The number of carboxylic acids is 1. The lowest BCUT2D eigenvalue weighted by Crippen LogP contribution is -2.51. The van der Waals surface area contributed by atoms with Gasteiger partial charge in [0.05, 0.1) is 0 Å². The van der Waals surface area contributed by atoms with E-state index in [4.69, 9.17) is 4.74 Å². The Bertz CT molecular complexity index is 359. The molecule has 1 amide bonds. The maximum atomic E-state index is 12.1. The summed E-state index contributed by atoms with van der Waals surface area (Å²) >= 11 is 0. The first-order valence-electron chi connectivity index (χ1n) is 7.32.